The lowest BCUT2D eigenvalue weighted by Gasteiger charge is -2.23. The average Bonchev–Trinajstić information content (AvgIpc) is 2.57. The van der Waals surface area contributed by atoms with E-state index in [4.69, 9.17) is 4.74 Å². The summed E-state index contributed by atoms with van der Waals surface area (Å²) in [6.45, 7) is 3.99. The number of aliphatic hydroxyl groups excluding tert-OH is 1. The third-order valence-electron chi connectivity index (χ3n) is 3.37. The van der Waals surface area contributed by atoms with Gasteiger partial charge in [-0.05, 0) is 20.3 Å². The van der Waals surface area contributed by atoms with Crippen LogP contribution < -0.4 is 0 Å². The topological polar surface area (TPSA) is 29.5 Å². The molecule has 1 saturated carbocycles. The van der Waals surface area contributed by atoms with Crippen LogP contribution in [0.1, 0.15) is 26.7 Å². The van der Waals surface area contributed by atoms with E-state index in [-0.39, 0.29) is 12.3 Å². The molecule has 0 amide bonds. The lowest BCUT2D eigenvalue weighted by Crippen LogP contribution is -2.35. The minimum atomic E-state index is -2.48. The molecule has 2 aliphatic rings. The maximum atomic E-state index is 12.6. The number of ether oxygens (including phenoxy) is 1. The highest BCUT2D eigenvalue weighted by Crippen LogP contribution is 2.53. The van der Waals surface area contributed by atoms with Crippen LogP contribution in [0.4, 0.5) is 8.78 Å². The van der Waals surface area contributed by atoms with E-state index >= 15 is 0 Å². The Morgan fingerprint density at radius 2 is 2.00 bits per heavy atom. The molecule has 0 bridgehead atoms. The summed E-state index contributed by atoms with van der Waals surface area (Å²) in [6.07, 6.45) is -0.243. The number of halogens is 2. The van der Waals surface area contributed by atoms with Crippen LogP contribution in [0.25, 0.3) is 0 Å². The van der Waals surface area contributed by atoms with E-state index in [2.05, 4.69) is 0 Å². The van der Waals surface area contributed by atoms with Crippen molar-refractivity contribution < 1.29 is 18.6 Å². The molecule has 0 spiro atoms. The van der Waals surface area contributed by atoms with E-state index in [0.717, 1.165) is 0 Å². The predicted octanol–water partition coefficient (Wildman–Crippen LogP) is 1.82. The first kappa shape index (κ1) is 10.3. The Kier molecular flexibility index (Phi) is 2.13. The van der Waals surface area contributed by atoms with Gasteiger partial charge in [-0.15, -0.1) is 0 Å². The lowest BCUT2D eigenvalue weighted by molar-refractivity contribution is -0.0318. The van der Waals surface area contributed by atoms with Crippen LogP contribution in [0.3, 0.4) is 0 Å². The first-order valence-corrected chi connectivity index (χ1v) is 5.03. The van der Waals surface area contributed by atoms with Crippen LogP contribution >= 0.6 is 0 Å². The van der Waals surface area contributed by atoms with Crippen molar-refractivity contribution in [1.82, 2.24) is 0 Å². The van der Waals surface area contributed by atoms with E-state index in [1.165, 1.54) is 0 Å². The van der Waals surface area contributed by atoms with Crippen molar-refractivity contribution in [3.8, 4) is 0 Å². The van der Waals surface area contributed by atoms with Crippen molar-refractivity contribution in [1.29, 1.82) is 0 Å². The van der Waals surface area contributed by atoms with Gasteiger partial charge in [-0.3, -0.25) is 0 Å². The molecule has 3 unspecified atom stereocenters. The van der Waals surface area contributed by atoms with Gasteiger partial charge in [0.2, 0.25) is 0 Å². The molecule has 0 radical (unpaired) electrons. The van der Waals surface area contributed by atoms with Crippen molar-refractivity contribution in [3.05, 3.63) is 0 Å². The Bertz CT molecular complexity index is 240. The van der Waals surface area contributed by atoms with Crippen LogP contribution in [0.2, 0.25) is 0 Å². The van der Waals surface area contributed by atoms with Crippen LogP contribution in [-0.2, 0) is 4.74 Å². The van der Waals surface area contributed by atoms with Gasteiger partial charge in [0, 0.05) is 18.3 Å². The number of rotatable bonds is 2. The third-order valence-corrected chi connectivity index (χ3v) is 3.37. The molecule has 2 rings (SSSR count). The highest BCUT2D eigenvalue weighted by Gasteiger charge is 2.58. The number of aliphatic hydroxyl groups is 1. The zero-order chi connectivity index (χ0) is 10.6. The van der Waals surface area contributed by atoms with Gasteiger partial charge in [0.05, 0.1) is 18.3 Å². The van der Waals surface area contributed by atoms with Crippen molar-refractivity contribution >= 4 is 0 Å². The standard InChI is InChI=1S/C10H16F2O2/c1-9(2)8(13)6(5-14-9)3-7-4-10(7,11)12/h6-8,13H,3-5H2,1-2H3. The van der Waals surface area contributed by atoms with Crippen LogP contribution in [0, 0.1) is 11.8 Å². The fraction of sp³-hybridized carbons (Fsp3) is 1.00. The Hall–Kier alpha value is -0.220. The van der Waals surface area contributed by atoms with E-state index in [1.54, 1.807) is 13.8 Å². The Balaban J connectivity index is 1.89. The molecule has 3 atom stereocenters. The van der Waals surface area contributed by atoms with Gasteiger partial charge in [0.25, 0.3) is 5.92 Å². The van der Waals surface area contributed by atoms with Gasteiger partial charge in [-0.1, -0.05) is 0 Å². The maximum absolute atomic E-state index is 12.6. The molecule has 0 aromatic rings. The molecule has 0 aromatic carbocycles. The average molecular weight is 206 g/mol. The summed E-state index contributed by atoms with van der Waals surface area (Å²) in [5.41, 5.74) is -0.575. The Morgan fingerprint density at radius 3 is 2.36 bits per heavy atom. The fourth-order valence-corrected chi connectivity index (χ4v) is 2.15. The van der Waals surface area contributed by atoms with E-state index in [0.29, 0.717) is 13.0 Å². The summed E-state index contributed by atoms with van der Waals surface area (Å²) in [5, 5.41) is 9.79. The molecule has 1 heterocycles. The third kappa shape index (κ3) is 1.65. The molecular weight excluding hydrogens is 190 g/mol. The molecule has 1 saturated heterocycles. The van der Waals surface area contributed by atoms with Gasteiger partial charge in [0.15, 0.2) is 0 Å². The van der Waals surface area contributed by atoms with Gasteiger partial charge in [-0.2, -0.15) is 0 Å². The highest BCUT2D eigenvalue weighted by molar-refractivity contribution is 5.00. The largest absolute Gasteiger partial charge is 0.390 e. The molecule has 2 nitrogen and oxygen atoms in total. The number of hydrogen-bond donors (Lipinski definition) is 1. The molecular formula is C10H16F2O2. The molecule has 14 heavy (non-hydrogen) atoms. The summed E-state index contributed by atoms with van der Waals surface area (Å²) in [4.78, 5) is 0. The van der Waals surface area contributed by atoms with Crippen LogP contribution in [0.15, 0.2) is 0 Å². The van der Waals surface area contributed by atoms with Crippen molar-refractivity contribution in [3.63, 3.8) is 0 Å². The number of alkyl halides is 2. The van der Waals surface area contributed by atoms with Crippen molar-refractivity contribution in [2.45, 2.75) is 44.3 Å². The monoisotopic (exact) mass is 206 g/mol. The second kappa shape index (κ2) is 2.89. The second-order valence-corrected chi connectivity index (χ2v) is 5.02. The van der Waals surface area contributed by atoms with Gasteiger partial charge < -0.3 is 9.84 Å². The first-order chi connectivity index (χ1) is 6.33. The Morgan fingerprint density at radius 1 is 1.43 bits per heavy atom. The molecule has 2 fully saturated rings. The summed E-state index contributed by atoms with van der Waals surface area (Å²) in [6, 6.07) is 0. The molecule has 4 heteroatoms. The Labute approximate surface area is 82.3 Å². The molecule has 1 N–H and O–H groups in total. The summed E-state index contributed by atoms with van der Waals surface area (Å²) in [5.74, 6) is -3.13. The lowest BCUT2D eigenvalue weighted by atomic mass is 9.90. The van der Waals surface area contributed by atoms with E-state index < -0.39 is 23.5 Å². The summed E-state index contributed by atoms with van der Waals surface area (Å²) >= 11 is 0. The highest BCUT2D eigenvalue weighted by atomic mass is 19.3. The second-order valence-electron chi connectivity index (χ2n) is 5.02. The van der Waals surface area contributed by atoms with Gasteiger partial charge in [-0.25, -0.2) is 8.78 Å². The smallest absolute Gasteiger partial charge is 0.251 e. The molecule has 0 aromatic heterocycles. The zero-order valence-electron chi connectivity index (χ0n) is 8.46. The fourth-order valence-electron chi connectivity index (χ4n) is 2.15. The molecule has 1 aliphatic heterocycles. The SMILES string of the molecule is CC1(C)OCC(CC2CC2(F)F)C1O. The molecule has 1 aliphatic carbocycles. The number of hydrogen-bond acceptors (Lipinski definition) is 2. The minimum absolute atomic E-state index is 0.0172. The minimum Gasteiger partial charge on any atom is -0.390 e. The van der Waals surface area contributed by atoms with Gasteiger partial charge in [0.1, 0.15) is 0 Å². The molecule has 82 valence electrons. The summed E-state index contributed by atoms with van der Waals surface area (Å²) < 4.78 is 30.7. The van der Waals surface area contributed by atoms with E-state index in [1.807, 2.05) is 0 Å². The quantitative estimate of drug-likeness (QED) is 0.746. The summed E-state index contributed by atoms with van der Waals surface area (Å²) in [7, 11) is 0. The van der Waals surface area contributed by atoms with Crippen molar-refractivity contribution in [2.75, 3.05) is 6.61 Å². The van der Waals surface area contributed by atoms with Crippen LogP contribution in [-0.4, -0.2) is 29.3 Å². The maximum Gasteiger partial charge on any atom is 0.251 e. The first-order valence-electron chi connectivity index (χ1n) is 5.03. The van der Waals surface area contributed by atoms with E-state index in [9.17, 15) is 13.9 Å². The normalized spacial score (nSPS) is 43.9. The predicted molar refractivity (Wildman–Crippen MR) is 47.2 cm³/mol. The van der Waals surface area contributed by atoms with Gasteiger partial charge >= 0.3 is 0 Å². The van der Waals surface area contributed by atoms with Crippen LogP contribution in [0.5, 0.6) is 0 Å². The van der Waals surface area contributed by atoms with Crippen molar-refractivity contribution in [2.24, 2.45) is 11.8 Å². The zero-order valence-corrected chi connectivity index (χ0v) is 8.46.